The van der Waals surface area contributed by atoms with Crippen molar-refractivity contribution in [2.75, 3.05) is 39.3 Å². The van der Waals surface area contributed by atoms with Gasteiger partial charge in [-0.1, -0.05) is 6.92 Å². The van der Waals surface area contributed by atoms with Crippen LogP contribution < -0.4 is 5.32 Å². The van der Waals surface area contributed by atoms with E-state index in [-0.39, 0.29) is 0 Å². The third-order valence-electron chi connectivity index (χ3n) is 4.29. The number of likely N-dealkylation sites (N-methyl/N-ethyl adjacent to an activating group) is 1. The SMILES string of the molecule is CCN1CCN(CC2(C)CCCN2)CC1C. The van der Waals surface area contributed by atoms with Crippen molar-refractivity contribution in [3.05, 3.63) is 0 Å². The standard InChI is InChI=1S/C13H27N3/c1-4-16-9-8-15(10-12(16)2)11-13(3)6-5-7-14-13/h12,14H,4-11H2,1-3H3. The molecule has 2 fully saturated rings. The first-order valence-electron chi connectivity index (χ1n) is 6.84. The van der Waals surface area contributed by atoms with Gasteiger partial charge in [-0.25, -0.2) is 0 Å². The van der Waals surface area contributed by atoms with Crippen molar-refractivity contribution < 1.29 is 0 Å². The summed E-state index contributed by atoms with van der Waals surface area (Å²) < 4.78 is 0. The van der Waals surface area contributed by atoms with Gasteiger partial charge in [0.2, 0.25) is 0 Å². The van der Waals surface area contributed by atoms with Crippen LogP contribution in [-0.4, -0.2) is 60.6 Å². The van der Waals surface area contributed by atoms with Crippen LogP contribution in [0.25, 0.3) is 0 Å². The second kappa shape index (κ2) is 5.03. The van der Waals surface area contributed by atoms with E-state index in [4.69, 9.17) is 0 Å². The molecular weight excluding hydrogens is 198 g/mol. The topological polar surface area (TPSA) is 18.5 Å². The van der Waals surface area contributed by atoms with E-state index < -0.39 is 0 Å². The largest absolute Gasteiger partial charge is 0.310 e. The molecule has 2 atom stereocenters. The van der Waals surface area contributed by atoms with Gasteiger partial charge in [0, 0.05) is 37.8 Å². The van der Waals surface area contributed by atoms with E-state index in [9.17, 15) is 0 Å². The highest BCUT2D eigenvalue weighted by molar-refractivity contribution is 4.93. The highest BCUT2D eigenvalue weighted by Crippen LogP contribution is 2.21. The van der Waals surface area contributed by atoms with Crippen LogP contribution in [0.5, 0.6) is 0 Å². The minimum absolute atomic E-state index is 0.383. The third-order valence-corrected chi connectivity index (χ3v) is 4.29. The zero-order chi connectivity index (χ0) is 11.6. The average molecular weight is 225 g/mol. The normalized spacial score (nSPS) is 38.1. The smallest absolute Gasteiger partial charge is 0.0280 e. The number of nitrogens with zero attached hydrogens (tertiary/aromatic N) is 2. The molecule has 0 saturated carbocycles. The lowest BCUT2D eigenvalue weighted by molar-refractivity contribution is 0.0712. The highest BCUT2D eigenvalue weighted by atomic mass is 15.3. The Hall–Kier alpha value is -0.120. The summed E-state index contributed by atoms with van der Waals surface area (Å²) in [4.78, 5) is 5.23. The van der Waals surface area contributed by atoms with E-state index >= 15 is 0 Å². The number of hydrogen-bond donors (Lipinski definition) is 1. The molecule has 2 aliphatic heterocycles. The summed E-state index contributed by atoms with van der Waals surface area (Å²) in [6.45, 7) is 14.4. The predicted molar refractivity (Wildman–Crippen MR) is 68.8 cm³/mol. The van der Waals surface area contributed by atoms with Crippen LogP contribution >= 0.6 is 0 Å². The molecule has 0 amide bonds. The van der Waals surface area contributed by atoms with Crippen LogP contribution in [0.1, 0.15) is 33.6 Å². The Morgan fingerprint density at radius 2 is 2.19 bits per heavy atom. The first kappa shape index (κ1) is 12.3. The van der Waals surface area contributed by atoms with E-state index in [2.05, 4.69) is 35.9 Å². The van der Waals surface area contributed by atoms with Crippen LogP contribution in [0.2, 0.25) is 0 Å². The summed E-state index contributed by atoms with van der Waals surface area (Å²) in [5, 5.41) is 3.67. The molecule has 0 radical (unpaired) electrons. The molecule has 16 heavy (non-hydrogen) atoms. The van der Waals surface area contributed by atoms with E-state index in [0.717, 1.165) is 6.04 Å². The Bertz CT molecular complexity index is 223. The van der Waals surface area contributed by atoms with Gasteiger partial charge in [0.15, 0.2) is 0 Å². The van der Waals surface area contributed by atoms with Crippen molar-refractivity contribution in [3.8, 4) is 0 Å². The Morgan fingerprint density at radius 3 is 2.75 bits per heavy atom. The van der Waals surface area contributed by atoms with Gasteiger partial charge in [0.05, 0.1) is 0 Å². The number of rotatable bonds is 3. The molecule has 0 aliphatic carbocycles. The minimum atomic E-state index is 0.383. The van der Waals surface area contributed by atoms with Crippen molar-refractivity contribution in [1.29, 1.82) is 0 Å². The van der Waals surface area contributed by atoms with Crippen molar-refractivity contribution in [2.45, 2.75) is 45.2 Å². The van der Waals surface area contributed by atoms with Crippen molar-refractivity contribution in [3.63, 3.8) is 0 Å². The molecule has 1 N–H and O–H groups in total. The van der Waals surface area contributed by atoms with Gasteiger partial charge in [-0.15, -0.1) is 0 Å². The number of piperazine rings is 1. The van der Waals surface area contributed by atoms with E-state index in [1.165, 1.54) is 52.1 Å². The summed E-state index contributed by atoms with van der Waals surface area (Å²) in [6, 6.07) is 0.726. The summed E-state index contributed by atoms with van der Waals surface area (Å²) in [5.41, 5.74) is 0.383. The lowest BCUT2D eigenvalue weighted by Gasteiger charge is -2.42. The highest BCUT2D eigenvalue weighted by Gasteiger charge is 2.32. The zero-order valence-electron chi connectivity index (χ0n) is 11.1. The van der Waals surface area contributed by atoms with E-state index in [1.807, 2.05) is 0 Å². The van der Waals surface area contributed by atoms with Crippen LogP contribution in [-0.2, 0) is 0 Å². The second-order valence-corrected chi connectivity index (χ2v) is 5.80. The maximum Gasteiger partial charge on any atom is 0.0280 e. The van der Waals surface area contributed by atoms with Gasteiger partial charge in [-0.2, -0.15) is 0 Å². The predicted octanol–water partition coefficient (Wildman–Crippen LogP) is 1.15. The molecule has 3 nitrogen and oxygen atoms in total. The number of hydrogen-bond acceptors (Lipinski definition) is 3. The van der Waals surface area contributed by atoms with Gasteiger partial charge < -0.3 is 5.32 Å². The average Bonchev–Trinajstić information content (AvgIpc) is 2.65. The van der Waals surface area contributed by atoms with Crippen LogP contribution in [0, 0.1) is 0 Å². The maximum absolute atomic E-state index is 3.67. The van der Waals surface area contributed by atoms with Gasteiger partial charge in [-0.3, -0.25) is 9.80 Å². The van der Waals surface area contributed by atoms with Crippen LogP contribution in [0.15, 0.2) is 0 Å². The fraction of sp³-hybridized carbons (Fsp3) is 1.00. The summed E-state index contributed by atoms with van der Waals surface area (Å²) >= 11 is 0. The van der Waals surface area contributed by atoms with Crippen LogP contribution in [0.3, 0.4) is 0 Å². The Morgan fingerprint density at radius 1 is 1.38 bits per heavy atom. The Kier molecular flexibility index (Phi) is 3.88. The molecule has 2 heterocycles. The maximum atomic E-state index is 3.67. The molecule has 2 saturated heterocycles. The Balaban J connectivity index is 1.83. The minimum Gasteiger partial charge on any atom is -0.310 e. The monoisotopic (exact) mass is 225 g/mol. The lowest BCUT2D eigenvalue weighted by Crippen LogP contribution is -2.56. The van der Waals surface area contributed by atoms with Crippen molar-refractivity contribution >= 4 is 0 Å². The third kappa shape index (κ3) is 2.76. The fourth-order valence-electron chi connectivity index (χ4n) is 3.27. The fourth-order valence-corrected chi connectivity index (χ4v) is 3.27. The molecule has 2 rings (SSSR count). The van der Waals surface area contributed by atoms with Crippen LogP contribution in [0.4, 0.5) is 0 Å². The van der Waals surface area contributed by atoms with E-state index in [1.54, 1.807) is 0 Å². The lowest BCUT2D eigenvalue weighted by atomic mass is 9.98. The molecule has 0 aromatic heterocycles. The molecule has 0 spiro atoms. The summed E-state index contributed by atoms with van der Waals surface area (Å²) in [5.74, 6) is 0. The molecule has 2 unspecified atom stereocenters. The molecule has 0 bridgehead atoms. The Labute approximate surface area is 100 Å². The van der Waals surface area contributed by atoms with Crippen molar-refractivity contribution in [1.82, 2.24) is 15.1 Å². The number of nitrogens with one attached hydrogen (secondary N) is 1. The zero-order valence-corrected chi connectivity index (χ0v) is 11.1. The first-order valence-corrected chi connectivity index (χ1v) is 6.84. The second-order valence-electron chi connectivity index (χ2n) is 5.80. The summed E-state index contributed by atoms with van der Waals surface area (Å²) in [6.07, 6.45) is 2.69. The van der Waals surface area contributed by atoms with Gasteiger partial charge in [0.1, 0.15) is 0 Å². The molecule has 2 aliphatic rings. The van der Waals surface area contributed by atoms with E-state index in [0.29, 0.717) is 5.54 Å². The summed E-state index contributed by atoms with van der Waals surface area (Å²) in [7, 11) is 0. The molecule has 0 aromatic rings. The first-order chi connectivity index (χ1) is 7.63. The molecule has 0 aromatic carbocycles. The van der Waals surface area contributed by atoms with Crippen molar-refractivity contribution in [2.24, 2.45) is 0 Å². The quantitative estimate of drug-likeness (QED) is 0.777. The molecule has 94 valence electrons. The van der Waals surface area contributed by atoms with Gasteiger partial charge in [-0.05, 0) is 39.8 Å². The molecular formula is C13H27N3. The molecule has 3 heteroatoms. The van der Waals surface area contributed by atoms with Gasteiger partial charge >= 0.3 is 0 Å². The van der Waals surface area contributed by atoms with Gasteiger partial charge in [0.25, 0.3) is 0 Å².